The molecule has 0 saturated heterocycles. The van der Waals surface area contributed by atoms with E-state index in [9.17, 15) is 13.6 Å². The molecular weight excluding hydrogens is 270 g/mol. The van der Waals surface area contributed by atoms with Crippen LogP contribution in [0.2, 0.25) is 0 Å². The van der Waals surface area contributed by atoms with Gasteiger partial charge < -0.3 is 20.1 Å². The molecule has 0 radical (unpaired) electrons. The predicted molar refractivity (Wildman–Crippen MR) is 71.4 cm³/mol. The highest BCUT2D eigenvalue weighted by Gasteiger charge is 2.12. The van der Waals surface area contributed by atoms with Gasteiger partial charge in [0, 0.05) is 24.7 Å². The van der Waals surface area contributed by atoms with Crippen LogP contribution in [0.3, 0.4) is 0 Å². The average Bonchev–Trinajstić information content (AvgIpc) is 2.38. The molecule has 0 aliphatic rings. The van der Waals surface area contributed by atoms with Gasteiger partial charge in [-0.1, -0.05) is 6.92 Å². The molecule has 0 atom stereocenters. The standard InChI is InChI=1S/C13H18F2N2O3/c1-3-16-7-6-12(18)17-9-4-5-10(19-2)11(8-9)20-13(14)15/h4-5,8,13,16H,3,6-7H2,1-2H3,(H,17,18). The number of anilines is 1. The van der Waals surface area contributed by atoms with E-state index in [0.29, 0.717) is 18.7 Å². The Morgan fingerprint density at radius 3 is 2.70 bits per heavy atom. The minimum Gasteiger partial charge on any atom is -0.493 e. The molecule has 1 amide bonds. The number of hydrogen-bond acceptors (Lipinski definition) is 4. The fourth-order valence-corrected chi connectivity index (χ4v) is 1.54. The highest BCUT2D eigenvalue weighted by molar-refractivity contribution is 5.91. The zero-order chi connectivity index (χ0) is 15.0. The van der Waals surface area contributed by atoms with E-state index in [-0.39, 0.29) is 17.4 Å². The minimum absolute atomic E-state index is 0.119. The van der Waals surface area contributed by atoms with Crippen molar-refractivity contribution in [1.29, 1.82) is 0 Å². The molecule has 112 valence electrons. The molecule has 0 saturated carbocycles. The van der Waals surface area contributed by atoms with Crippen molar-refractivity contribution in [3.05, 3.63) is 18.2 Å². The number of rotatable bonds is 8. The number of hydrogen-bond donors (Lipinski definition) is 2. The number of alkyl halides is 2. The van der Waals surface area contributed by atoms with Gasteiger partial charge in [0.05, 0.1) is 7.11 Å². The van der Waals surface area contributed by atoms with E-state index in [2.05, 4.69) is 15.4 Å². The first-order valence-electron chi connectivity index (χ1n) is 6.20. The number of methoxy groups -OCH3 is 1. The third kappa shape index (κ3) is 5.40. The molecule has 0 fully saturated rings. The van der Waals surface area contributed by atoms with Crippen molar-refractivity contribution in [3.8, 4) is 11.5 Å². The van der Waals surface area contributed by atoms with Crippen molar-refractivity contribution in [3.63, 3.8) is 0 Å². The van der Waals surface area contributed by atoms with Crippen molar-refractivity contribution in [2.24, 2.45) is 0 Å². The van der Waals surface area contributed by atoms with Gasteiger partial charge in [-0.05, 0) is 18.7 Å². The Morgan fingerprint density at radius 1 is 1.35 bits per heavy atom. The van der Waals surface area contributed by atoms with E-state index < -0.39 is 6.61 Å². The summed E-state index contributed by atoms with van der Waals surface area (Å²) in [6.45, 7) is 0.319. The molecule has 0 unspecified atom stereocenters. The smallest absolute Gasteiger partial charge is 0.387 e. The molecule has 0 aliphatic heterocycles. The van der Waals surface area contributed by atoms with Gasteiger partial charge in [-0.2, -0.15) is 8.78 Å². The molecule has 1 aromatic rings. The Kier molecular flexibility index (Phi) is 6.72. The Hall–Kier alpha value is -1.89. The van der Waals surface area contributed by atoms with Gasteiger partial charge in [0.15, 0.2) is 11.5 Å². The maximum Gasteiger partial charge on any atom is 0.387 e. The van der Waals surface area contributed by atoms with Crippen molar-refractivity contribution >= 4 is 11.6 Å². The Morgan fingerprint density at radius 2 is 2.10 bits per heavy atom. The average molecular weight is 288 g/mol. The van der Waals surface area contributed by atoms with Crippen molar-refractivity contribution in [2.75, 3.05) is 25.5 Å². The summed E-state index contributed by atoms with van der Waals surface area (Å²) in [5.41, 5.74) is 0.378. The summed E-state index contributed by atoms with van der Waals surface area (Å²) < 4.78 is 33.8. The number of amides is 1. The third-order valence-electron chi connectivity index (χ3n) is 2.44. The van der Waals surface area contributed by atoms with Crippen molar-refractivity contribution < 1.29 is 23.0 Å². The van der Waals surface area contributed by atoms with Crippen molar-refractivity contribution in [1.82, 2.24) is 5.32 Å². The topological polar surface area (TPSA) is 59.6 Å². The van der Waals surface area contributed by atoms with Gasteiger partial charge in [-0.15, -0.1) is 0 Å². The van der Waals surface area contributed by atoms with Gasteiger partial charge in [-0.25, -0.2) is 0 Å². The lowest BCUT2D eigenvalue weighted by molar-refractivity contribution is -0.116. The van der Waals surface area contributed by atoms with E-state index in [1.165, 1.54) is 19.2 Å². The molecule has 0 bridgehead atoms. The molecule has 1 aromatic carbocycles. The minimum atomic E-state index is -2.95. The number of benzene rings is 1. The van der Waals surface area contributed by atoms with E-state index >= 15 is 0 Å². The van der Waals surface area contributed by atoms with Crippen LogP contribution in [0.25, 0.3) is 0 Å². The Bertz CT molecular complexity index is 442. The number of carbonyl (C=O) groups excluding carboxylic acids is 1. The van der Waals surface area contributed by atoms with Crippen LogP contribution in [0.15, 0.2) is 18.2 Å². The third-order valence-corrected chi connectivity index (χ3v) is 2.44. The zero-order valence-electron chi connectivity index (χ0n) is 11.4. The summed E-state index contributed by atoms with van der Waals surface area (Å²) >= 11 is 0. The molecule has 0 aromatic heterocycles. The van der Waals surface area contributed by atoms with E-state index in [1.807, 2.05) is 6.92 Å². The summed E-state index contributed by atoms with van der Waals surface area (Å²) in [7, 11) is 1.35. The van der Waals surface area contributed by atoms with Crippen LogP contribution in [-0.2, 0) is 4.79 Å². The summed E-state index contributed by atoms with van der Waals surface area (Å²) in [4.78, 5) is 11.6. The maximum atomic E-state index is 12.3. The van der Waals surface area contributed by atoms with Crippen LogP contribution in [0.4, 0.5) is 14.5 Å². The van der Waals surface area contributed by atoms with Gasteiger partial charge in [-0.3, -0.25) is 4.79 Å². The summed E-state index contributed by atoms with van der Waals surface area (Å²) in [5, 5.41) is 5.62. The molecule has 5 nitrogen and oxygen atoms in total. The lowest BCUT2D eigenvalue weighted by Crippen LogP contribution is -2.21. The predicted octanol–water partition coefficient (Wildman–Crippen LogP) is 2.23. The normalized spacial score (nSPS) is 10.4. The van der Waals surface area contributed by atoms with Crippen LogP contribution in [0.5, 0.6) is 11.5 Å². The lowest BCUT2D eigenvalue weighted by Gasteiger charge is -2.12. The number of carbonyl (C=O) groups is 1. The lowest BCUT2D eigenvalue weighted by atomic mass is 10.2. The molecule has 7 heteroatoms. The second-order valence-corrected chi connectivity index (χ2v) is 3.90. The van der Waals surface area contributed by atoms with Crippen LogP contribution < -0.4 is 20.1 Å². The van der Waals surface area contributed by atoms with Crippen LogP contribution in [0.1, 0.15) is 13.3 Å². The Labute approximate surface area is 116 Å². The first-order valence-corrected chi connectivity index (χ1v) is 6.20. The first-order chi connectivity index (χ1) is 9.56. The monoisotopic (exact) mass is 288 g/mol. The zero-order valence-corrected chi connectivity index (χ0v) is 11.4. The fraction of sp³-hybridized carbons (Fsp3) is 0.462. The number of halogens is 2. The van der Waals surface area contributed by atoms with Gasteiger partial charge >= 0.3 is 6.61 Å². The highest BCUT2D eigenvalue weighted by Crippen LogP contribution is 2.31. The Balaban J connectivity index is 2.68. The van der Waals surface area contributed by atoms with E-state index in [0.717, 1.165) is 6.54 Å². The molecule has 2 N–H and O–H groups in total. The number of nitrogens with one attached hydrogen (secondary N) is 2. The SMILES string of the molecule is CCNCCC(=O)Nc1ccc(OC)c(OC(F)F)c1. The van der Waals surface area contributed by atoms with Crippen LogP contribution in [0, 0.1) is 0 Å². The second kappa shape index (κ2) is 8.31. The van der Waals surface area contributed by atoms with Gasteiger partial charge in [0.2, 0.25) is 5.91 Å². The molecule has 20 heavy (non-hydrogen) atoms. The fourth-order valence-electron chi connectivity index (χ4n) is 1.54. The van der Waals surface area contributed by atoms with Crippen LogP contribution in [-0.4, -0.2) is 32.7 Å². The molecule has 1 rings (SSSR count). The molecule has 0 spiro atoms. The number of ether oxygens (including phenoxy) is 2. The first kappa shape index (κ1) is 16.2. The maximum absolute atomic E-state index is 12.3. The molecular formula is C13H18F2N2O3. The second-order valence-electron chi connectivity index (χ2n) is 3.90. The highest BCUT2D eigenvalue weighted by atomic mass is 19.3. The van der Waals surface area contributed by atoms with E-state index in [4.69, 9.17) is 4.74 Å². The largest absolute Gasteiger partial charge is 0.493 e. The van der Waals surface area contributed by atoms with Crippen molar-refractivity contribution in [2.45, 2.75) is 20.0 Å². The summed E-state index contributed by atoms with van der Waals surface area (Å²) in [6.07, 6.45) is 0.297. The summed E-state index contributed by atoms with van der Waals surface area (Å²) in [6, 6.07) is 4.32. The molecule has 0 aliphatic carbocycles. The molecule has 0 heterocycles. The van der Waals surface area contributed by atoms with Gasteiger partial charge in [0.1, 0.15) is 0 Å². The van der Waals surface area contributed by atoms with Crippen LogP contribution >= 0.6 is 0 Å². The van der Waals surface area contributed by atoms with Gasteiger partial charge in [0.25, 0.3) is 0 Å². The summed E-state index contributed by atoms with van der Waals surface area (Å²) in [5.74, 6) is -0.151. The van der Waals surface area contributed by atoms with E-state index in [1.54, 1.807) is 6.07 Å². The quantitative estimate of drug-likeness (QED) is 0.720.